The van der Waals surface area contributed by atoms with Crippen LogP contribution in [0.4, 0.5) is 8.78 Å². The number of hydrogen-bond acceptors (Lipinski definition) is 6. The first-order chi connectivity index (χ1) is 20.4. The highest BCUT2D eigenvalue weighted by Gasteiger charge is 2.54. The Morgan fingerprint density at radius 3 is 2.67 bits per heavy atom. The Morgan fingerprint density at radius 1 is 1.23 bits per heavy atom. The van der Waals surface area contributed by atoms with Gasteiger partial charge in [0, 0.05) is 43.1 Å². The molecule has 10 nitrogen and oxygen atoms in total. The van der Waals surface area contributed by atoms with Crippen LogP contribution < -0.4 is 4.74 Å². The second-order valence-electron chi connectivity index (χ2n) is 12.8. The molecule has 2 aliphatic heterocycles. The Balaban J connectivity index is 1.38. The van der Waals surface area contributed by atoms with Gasteiger partial charge >= 0.3 is 5.97 Å². The highest BCUT2D eigenvalue weighted by atomic mass is 79.9. The first kappa shape index (κ1) is 30.0. The van der Waals surface area contributed by atoms with Crippen LogP contribution in [0.2, 0.25) is 0 Å². The minimum absolute atomic E-state index is 0.0132. The molecule has 6 rings (SSSR count). The average Bonchev–Trinajstić information content (AvgIpc) is 3.50. The van der Waals surface area contributed by atoms with Gasteiger partial charge in [-0.3, -0.25) is 14.4 Å². The van der Waals surface area contributed by atoms with Crippen molar-refractivity contribution in [3.63, 3.8) is 0 Å². The summed E-state index contributed by atoms with van der Waals surface area (Å²) < 4.78 is 35.5. The molecule has 0 unspecified atom stereocenters. The van der Waals surface area contributed by atoms with Crippen LogP contribution in [0.3, 0.4) is 0 Å². The Labute approximate surface area is 256 Å². The third kappa shape index (κ3) is 5.31. The lowest BCUT2D eigenvalue weighted by atomic mass is 9.66. The second kappa shape index (κ2) is 11.1. The number of benzene rings is 1. The van der Waals surface area contributed by atoms with Gasteiger partial charge in [0.2, 0.25) is 11.8 Å². The fraction of sp³-hybridized carbons (Fsp3) is 0.633. The van der Waals surface area contributed by atoms with Crippen molar-refractivity contribution in [3.8, 4) is 5.75 Å². The van der Waals surface area contributed by atoms with Crippen LogP contribution in [-0.2, 0) is 34.5 Å². The van der Waals surface area contributed by atoms with Crippen LogP contribution >= 0.6 is 15.9 Å². The van der Waals surface area contributed by atoms with Crippen molar-refractivity contribution in [3.05, 3.63) is 39.1 Å². The highest BCUT2D eigenvalue weighted by molar-refractivity contribution is 9.10. The van der Waals surface area contributed by atoms with Crippen LogP contribution in [0.25, 0.3) is 0 Å². The van der Waals surface area contributed by atoms with Crippen LogP contribution in [-0.4, -0.2) is 67.3 Å². The number of nitrogens with zero attached hydrogens (tertiary/aromatic N) is 5. The molecule has 2 saturated carbocycles. The van der Waals surface area contributed by atoms with Crippen LogP contribution in [0, 0.1) is 16.7 Å². The van der Waals surface area contributed by atoms with Gasteiger partial charge in [-0.05, 0) is 62.1 Å². The zero-order chi connectivity index (χ0) is 30.7. The minimum atomic E-state index is -2.78. The summed E-state index contributed by atoms with van der Waals surface area (Å²) in [6.07, 6.45) is 2.62. The number of carboxylic acids is 1. The molecule has 4 aliphatic rings. The van der Waals surface area contributed by atoms with E-state index in [1.54, 1.807) is 17.9 Å². The zero-order valence-electron chi connectivity index (χ0n) is 24.3. The van der Waals surface area contributed by atoms with E-state index >= 15 is 0 Å². The predicted molar refractivity (Wildman–Crippen MR) is 153 cm³/mol. The van der Waals surface area contributed by atoms with Crippen molar-refractivity contribution in [2.45, 2.75) is 77.4 Å². The van der Waals surface area contributed by atoms with Crippen molar-refractivity contribution < 1.29 is 33.0 Å². The van der Waals surface area contributed by atoms with Crippen molar-refractivity contribution in [1.82, 2.24) is 24.8 Å². The average molecular weight is 665 g/mol. The van der Waals surface area contributed by atoms with E-state index in [1.165, 1.54) is 7.05 Å². The summed E-state index contributed by atoms with van der Waals surface area (Å²) in [5.74, 6) is -1.45. The summed E-state index contributed by atoms with van der Waals surface area (Å²) in [6, 6.07) is 2.97. The summed E-state index contributed by atoms with van der Waals surface area (Å²) in [7, 11) is 1.40. The fourth-order valence-corrected chi connectivity index (χ4v) is 7.88. The number of alkyl halides is 2. The first-order valence-corrected chi connectivity index (χ1v) is 15.7. The molecule has 2 aromatic rings. The molecular formula is C30H36BrF2N5O5. The molecule has 43 heavy (non-hydrogen) atoms. The number of amides is 2. The van der Waals surface area contributed by atoms with Crippen molar-refractivity contribution >= 4 is 33.7 Å². The predicted octanol–water partition coefficient (Wildman–Crippen LogP) is 4.81. The molecule has 1 aromatic heterocycles. The number of hydrogen-bond donors (Lipinski definition) is 1. The molecule has 3 heterocycles. The quantitative estimate of drug-likeness (QED) is 0.431. The summed E-state index contributed by atoms with van der Waals surface area (Å²) in [4.78, 5) is 43.6. The van der Waals surface area contributed by atoms with E-state index in [4.69, 9.17) is 4.74 Å². The van der Waals surface area contributed by atoms with E-state index in [2.05, 4.69) is 26.2 Å². The molecule has 1 N–H and O–H groups in total. The van der Waals surface area contributed by atoms with Gasteiger partial charge in [-0.15, -0.1) is 5.10 Å². The standard InChI is InChI=1S/C30H36BrF2N5O5/c1-29(28(41)42)9-4-3-5-18(29)27(40)38-12-8-17-19(31)6-7-22(43-15-20-25(26(32)33)36(2)35-34-20)24(17)21(38)14-37-16-30(10-11-30)13-23(37)39/h6-7,18,21,26H,3-5,8-16H2,1-2H3,(H,41,42)/t18-,21+,29-/m0/s1. The molecule has 2 amide bonds. The summed E-state index contributed by atoms with van der Waals surface area (Å²) >= 11 is 3.65. The Kier molecular flexibility index (Phi) is 7.75. The number of ether oxygens (including phenoxy) is 1. The molecule has 0 bridgehead atoms. The third-order valence-electron chi connectivity index (χ3n) is 10.1. The number of fused-ring (bicyclic) bond motifs is 1. The number of carbonyl (C=O) groups excluding carboxylic acids is 2. The fourth-order valence-electron chi connectivity index (χ4n) is 7.34. The number of aryl methyl sites for hydroxylation is 1. The van der Waals surface area contributed by atoms with E-state index in [9.17, 15) is 28.3 Å². The van der Waals surface area contributed by atoms with Gasteiger partial charge in [0.25, 0.3) is 6.43 Å². The number of carbonyl (C=O) groups is 3. The molecule has 1 spiro atoms. The molecule has 0 radical (unpaired) electrons. The second-order valence-corrected chi connectivity index (χ2v) is 13.7. The van der Waals surface area contributed by atoms with E-state index in [-0.39, 0.29) is 41.8 Å². The topological polar surface area (TPSA) is 118 Å². The lowest BCUT2D eigenvalue weighted by molar-refractivity contribution is -0.162. The van der Waals surface area contributed by atoms with Gasteiger partial charge in [0.1, 0.15) is 23.7 Å². The van der Waals surface area contributed by atoms with Crippen molar-refractivity contribution in [2.24, 2.45) is 23.8 Å². The number of aliphatic carboxylic acids is 1. The van der Waals surface area contributed by atoms with E-state index in [0.29, 0.717) is 50.1 Å². The SMILES string of the molecule is Cn1nnc(COc2ccc(Br)c3c2[C@@H](CN2CC4(CC4)CC2=O)N(C(=O)[C@@H]2CCCC[C@]2(C)C(=O)O)CC3)c1C(F)F. The summed E-state index contributed by atoms with van der Waals surface area (Å²) in [5, 5.41) is 17.8. The van der Waals surface area contributed by atoms with Gasteiger partial charge in [-0.2, -0.15) is 0 Å². The molecule has 1 aromatic carbocycles. The van der Waals surface area contributed by atoms with Crippen molar-refractivity contribution in [1.29, 1.82) is 0 Å². The first-order valence-electron chi connectivity index (χ1n) is 14.9. The van der Waals surface area contributed by atoms with Crippen molar-refractivity contribution in [2.75, 3.05) is 19.6 Å². The smallest absolute Gasteiger partial charge is 0.310 e. The van der Waals surface area contributed by atoms with E-state index in [0.717, 1.165) is 40.4 Å². The minimum Gasteiger partial charge on any atom is -0.487 e. The number of halogens is 3. The monoisotopic (exact) mass is 663 g/mol. The molecule has 232 valence electrons. The summed E-state index contributed by atoms with van der Waals surface area (Å²) in [5.41, 5.74) is 0.131. The number of aromatic nitrogens is 3. The van der Waals surface area contributed by atoms with Gasteiger partial charge in [-0.25, -0.2) is 13.5 Å². The maximum atomic E-state index is 14.4. The van der Waals surface area contributed by atoms with E-state index in [1.807, 2.05) is 11.0 Å². The molecular weight excluding hydrogens is 628 g/mol. The normalized spacial score (nSPS) is 26.2. The highest BCUT2D eigenvalue weighted by Crippen LogP contribution is 2.54. The van der Waals surface area contributed by atoms with Gasteiger partial charge < -0.3 is 19.6 Å². The van der Waals surface area contributed by atoms with E-state index < -0.39 is 29.8 Å². The van der Waals surface area contributed by atoms with Crippen LogP contribution in [0.15, 0.2) is 16.6 Å². The number of rotatable bonds is 8. The Bertz CT molecular complexity index is 1460. The summed E-state index contributed by atoms with van der Waals surface area (Å²) in [6.45, 7) is 2.64. The van der Waals surface area contributed by atoms with Crippen LogP contribution in [0.5, 0.6) is 5.75 Å². The third-order valence-corrected chi connectivity index (χ3v) is 10.9. The lowest BCUT2D eigenvalue weighted by Crippen LogP contribution is -2.52. The van der Waals surface area contributed by atoms with Gasteiger partial charge in [0.05, 0.1) is 17.4 Å². The van der Waals surface area contributed by atoms with Gasteiger partial charge in [-0.1, -0.05) is 34.0 Å². The van der Waals surface area contributed by atoms with Gasteiger partial charge in [0.15, 0.2) is 0 Å². The number of carboxylic acid groups (broad SMARTS) is 1. The largest absolute Gasteiger partial charge is 0.487 e. The molecule has 3 atom stereocenters. The zero-order valence-corrected chi connectivity index (χ0v) is 25.9. The molecule has 1 saturated heterocycles. The molecule has 3 fully saturated rings. The van der Waals surface area contributed by atoms with Crippen LogP contribution in [0.1, 0.15) is 86.9 Å². The lowest BCUT2D eigenvalue weighted by Gasteiger charge is -2.45. The maximum Gasteiger partial charge on any atom is 0.310 e. The molecule has 2 aliphatic carbocycles. The Hall–Kier alpha value is -3.09. The Morgan fingerprint density at radius 2 is 2.00 bits per heavy atom. The molecule has 13 heteroatoms. The maximum absolute atomic E-state index is 14.4. The number of likely N-dealkylation sites (tertiary alicyclic amines) is 1.